The molecular formula is C7H16N2. The van der Waals surface area contributed by atoms with E-state index in [1.807, 2.05) is 0 Å². The second-order valence-electron chi connectivity index (χ2n) is 2.17. The predicted molar refractivity (Wildman–Crippen MR) is 40.3 cm³/mol. The van der Waals surface area contributed by atoms with Gasteiger partial charge in [0.1, 0.15) is 0 Å². The molecule has 0 bridgehead atoms. The summed E-state index contributed by atoms with van der Waals surface area (Å²) in [5.74, 6) is 0. The molecule has 54 valence electrons. The number of nitrogens with two attached hydrogens (primary N) is 2. The first-order chi connectivity index (χ1) is 4.27. The second kappa shape index (κ2) is 6.05. The average molecular weight is 128 g/mol. The fourth-order valence-electron chi connectivity index (χ4n) is 0.599. The fourth-order valence-corrected chi connectivity index (χ4v) is 0.599. The van der Waals surface area contributed by atoms with E-state index in [9.17, 15) is 0 Å². The van der Waals surface area contributed by atoms with E-state index in [4.69, 9.17) is 11.5 Å². The van der Waals surface area contributed by atoms with E-state index in [-0.39, 0.29) is 6.17 Å². The van der Waals surface area contributed by atoms with Crippen LogP contribution in [-0.4, -0.2) is 6.17 Å². The van der Waals surface area contributed by atoms with Crippen molar-refractivity contribution in [2.45, 2.75) is 31.8 Å². The SMILES string of the molecule is [CH2]CC[CH]CCC(N)N. The highest BCUT2D eigenvalue weighted by Gasteiger charge is 1.92. The first-order valence-corrected chi connectivity index (χ1v) is 3.39. The fraction of sp³-hybridized carbons (Fsp3) is 0.714. The third-order valence-electron chi connectivity index (χ3n) is 1.11. The van der Waals surface area contributed by atoms with Crippen molar-refractivity contribution >= 4 is 0 Å². The minimum atomic E-state index is -0.147. The first-order valence-electron chi connectivity index (χ1n) is 3.39. The van der Waals surface area contributed by atoms with Crippen LogP contribution in [0.4, 0.5) is 0 Å². The van der Waals surface area contributed by atoms with Gasteiger partial charge in [0.25, 0.3) is 0 Å². The van der Waals surface area contributed by atoms with Crippen molar-refractivity contribution in [3.63, 3.8) is 0 Å². The van der Waals surface area contributed by atoms with Crippen molar-refractivity contribution < 1.29 is 0 Å². The van der Waals surface area contributed by atoms with Gasteiger partial charge >= 0.3 is 0 Å². The molecule has 2 nitrogen and oxygen atoms in total. The standard InChI is InChI=1S/C7H16N2/c1-2-3-4-5-6-7(8)9/h4,7H,1-3,5-6,8-9H2. The van der Waals surface area contributed by atoms with Crippen LogP contribution in [0.15, 0.2) is 0 Å². The topological polar surface area (TPSA) is 52.0 Å². The number of hydrogen-bond donors (Lipinski definition) is 2. The molecule has 0 fully saturated rings. The highest BCUT2D eigenvalue weighted by molar-refractivity contribution is 4.67. The van der Waals surface area contributed by atoms with Gasteiger partial charge in [-0.2, -0.15) is 0 Å². The Morgan fingerprint density at radius 1 is 1.33 bits per heavy atom. The summed E-state index contributed by atoms with van der Waals surface area (Å²) in [7, 11) is 0. The number of rotatable bonds is 5. The Balaban J connectivity index is 2.75. The van der Waals surface area contributed by atoms with Crippen LogP contribution in [0.25, 0.3) is 0 Å². The van der Waals surface area contributed by atoms with Crippen LogP contribution in [0.2, 0.25) is 0 Å². The van der Waals surface area contributed by atoms with Crippen molar-refractivity contribution in [1.29, 1.82) is 0 Å². The predicted octanol–water partition coefficient (Wildman–Crippen LogP) is 0.829. The van der Waals surface area contributed by atoms with Crippen LogP contribution in [-0.2, 0) is 0 Å². The van der Waals surface area contributed by atoms with E-state index >= 15 is 0 Å². The maximum Gasteiger partial charge on any atom is 0.0520 e. The molecule has 0 aliphatic carbocycles. The Kier molecular flexibility index (Phi) is 5.99. The first kappa shape index (κ1) is 8.92. The third-order valence-corrected chi connectivity index (χ3v) is 1.11. The second-order valence-corrected chi connectivity index (χ2v) is 2.17. The van der Waals surface area contributed by atoms with E-state index in [1.54, 1.807) is 0 Å². The van der Waals surface area contributed by atoms with Crippen molar-refractivity contribution in [2.75, 3.05) is 0 Å². The van der Waals surface area contributed by atoms with Crippen LogP contribution in [0.3, 0.4) is 0 Å². The van der Waals surface area contributed by atoms with Gasteiger partial charge < -0.3 is 11.5 Å². The Bertz CT molecular complexity index is 52.9. The van der Waals surface area contributed by atoms with Crippen molar-refractivity contribution in [3.05, 3.63) is 13.3 Å². The molecule has 0 atom stereocenters. The molecule has 9 heavy (non-hydrogen) atoms. The van der Waals surface area contributed by atoms with Crippen LogP contribution in [0.5, 0.6) is 0 Å². The number of hydrogen-bond acceptors (Lipinski definition) is 2. The van der Waals surface area contributed by atoms with Gasteiger partial charge in [0, 0.05) is 0 Å². The molecule has 0 aliphatic heterocycles. The Labute approximate surface area is 57.6 Å². The van der Waals surface area contributed by atoms with Crippen molar-refractivity contribution in [3.8, 4) is 0 Å². The lowest BCUT2D eigenvalue weighted by Crippen LogP contribution is -2.29. The van der Waals surface area contributed by atoms with Gasteiger partial charge in [0.15, 0.2) is 0 Å². The molecule has 0 aromatic heterocycles. The zero-order valence-corrected chi connectivity index (χ0v) is 5.84. The quantitative estimate of drug-likeness (QED) is 0.425. The lowest BCUT2D eigenvalue weighted by atomic mass is 10.1. The van der Waals surface area contributed by atoms with E-state index in [0.29, 0.717) is 0 Å². The highest BCUT2D eigenvalue weighted by Crippen LogP contribution is 1.99. The third kappa shape index (κ3) is 7.92. The average Bonchev–Trinajstić information content (AvgIpc) is 1.80. The molecule has 0 amide bonds. The van der Waals surface area contributed by atoms with Gasteiger partial charge in [-0.25, -0.2) is 0 Å². The van der Waals surface area contributed by atoms with Crippen molar-refractivity contribution in [2.24, 2.45) is 11.5 Å². The van der Waals surface area contributed by atoms with Crippen LogP contribution in [0, 0.1) is 13.3 Å². The molecule has 0 heterocycles. The van der Waals surface area contributed by atoms with Gasteiger partial charge in [-0.05, 0) is 19.3 Å². The van der Waals surface area contributed by atoms with Crippen molar-refractivity contribution in [1.82, 2.24) is 0 Å². The molecular weight excluding hydrogens is 112 g/mol. The largest absolute Gasteiger partial charge is 0.316 e. The van der Waals surface area contributed by atoms with Gasteiger partial charge in [-0.1, -0.05) is 19.8 Å². The summed E-state index contributed by atoms with van der Waals surface area (Å²) in [5.41, 5.74) is 10.6. The lowest BCUT2D eigenvalue weighted by Gasteiger charge is -2.02. The molecule has 0 aromatic rings. The van der Waals surface area contributed by atoms with Gasteiger partial charge in [-0.15, -0.1) is 0 Å². The molecule has 0 aliphatic rings. The maximum atomic E-state index is 5.32. The smallest absolute Gasteiger partial charge is 0.0520 e. The summed E-state index contributed by atoms with van der Waals surface area (Å²) in [6, 6.07) is 0. The van der Waals surface area contributed by atoms with Gasteiger partial charge in [-0.3, -0.25) is 0 Å². The molecule has 0 unspecified atom stereocenters. The maximum absolute atomic E-state index is 5.32. The van der Waals surface area contributed by atoms with E-state index in [1.165, 1.54) is 0 Å². The Morgan fingerprint density at radius 2 is 2.00 bits per heavy atom. The molecule has 2 heteroatoms. The molecule has 0 rings (SSSR count). The monoisotopic (exact) mass is 128 g/mol. The summed E-state index contributed by atoms with van der Waals surface area (Å²) in [4.78, 5) is 0. The number of unbranched alkanes of at least 4 members (excludes halogenated alkanes) is 3. The van der Waals surface area contributed by atoms with Gasteiger partial charge in [0.2, 0.25) is 0 Å². The molecule has 0 saturated heterocycles. The van der Waals surface area contributed by atoms with E-state index < -0.39 is 0 Å². The summed E-state index contributed by atoms with van der Waals surface area (Å²) in [5, 5.41) is 0. The normalized spacial score (nSPS) is 10.7. The summed E-state index contributed by atoms with van der Waals surface area (Å²) < 4.78 is 0. The van der Waals surface area contributed by atoms with Gasteiger partial charge in [0.05, 0.1) is 6.17 Å². The lowest BCUT2D eigenvalue weighted by molar-refractivity contribution is 0.623. The van der Waals surface area contributed by atoms with Crippen LogP contribution >= 0.6 is 0 Å². The van der Waals surface area contributed by atoms with E-state index in [2.05, 4.69) is 13.3 Å². The van der Waals surface area contributed by atoms with Crippen LogP contribution in [0.1, 0.15) is 25.7 Å². The molecule has 0 aromatic carbocycles. The molecule has 0 saturated carbocycles. The molecule has 4 N–H and O–H groups in total. The minimum Gasteiger partial charge on any atom is -0.316 e. The summed E-state index contributed by atoms with van der Waals surface area (Å²) in [6.07, 6.45) is 5.99. The summed E-state index contributed by atoms with van der Waals surface area (Å²) in [6.45, 7) is 3.71. The van der Waals surface area contributed by atoms with E-state index in [0.717, 1.165) is 25.7 Å². The summed E-state index contributed by atoms with van der Waals surface area (Å²) >= 11 is 0. The molecule has 2 radical (unpaired) electrons. The Morgan fingerprint density at radius 3 is 2.44 bits per heavy atom. The minimum absolute atomic E-state index is 0.147. The zero-order chi connectivity index (χ0) is 7.11. The molecule has 0 spiro atoms. The Hall–Kier alpha value is -0.0800. The zero-order valence-electron chi connectivity index (χ0n) is 5.84. The van der Waals surface area contributed by atoms with Crippen LogP contribution < -0.4 is 11.5 Å². The highest BCUT2D eigenvalue weighted by atomic mass is 14.8.